The first-order valence-electron chi connectivity index (χ1n) is 8.15. The van der Waals surface area contributed by atoms with Crippen LogP contribution < -0.4 is 4.74 Å². The third-order valence-corrected chi connectivity index (χ3v) is 4.04. The molecule has 0 radical (unpaired) electrons. The molecule has 0 bridgehead atoms. The van der Waals surface area contributed by atoms with Gasteiger partial charge in [-0.3, -0.25) is 0 Å². The molecule has 0 saturated carbocycles. The standard InChI is InChI=1S/C19H20F2N2O2/c1-12(2)14-5-3-4-6-19(14)25-10-13(24)9-23-11-22-17-7-15(20)16(21)8-18(17)23/h3-8,11-13,24H,9-10H2,1-2H3. The smallest absolute Gasteiger partial charge is 0.161 e. The highest BCUT2D eigenvalue weighted by Gasteiger charge is 2.14. The second kappa shape index (κ2) is 7.19. The number of imidazole rings is 1. The van der Waals surface area contributed by atoms with Crippen LogP contribution >= 0.6 is 0 Å². The van der Waals surface area contributed by atoms with Crippen LogP contribution in [0.2, 0.25) is 0 Å². The molecule has 0 spiro atoms. The highest BCUT2D eigenvalue weighted by molar-refractivity contribution is 5.75. The lowest BCUT2D eigenvalue weighted by Crippen LogP contribution is -2.23. The lowest BCUT2D eigenvalue weighted by atomic mass is 10.0. The first-order chi connectivity index (χ1) is 12.0. The molecular weight excluding hydrogens is 326 g/mol. The number of rotatable bonds is 6. The van der Waals surface area contributed by atoms with E-state index >= 15 is 0 Å². The fourth-order valence-electron chi connectivity index (χ4n) is 2.75. The first-order valence-corrected chi connectivity index (χ1v) is 8.15. The fraction of sp³-hybridized carbons (Fsp3) is 0.316. The molecule has 132 valence electrons. The van der Waals surface area contributed by atoms with E-state index in [9.17, 15) is 13.9 Å². The predicted molar refractivity (Wildman–Crippen MR) is 91.7 cm³/mol. The predicted octanol–water partition coefficient (Wildman–Crippen LogP) is 3.88. The van der Waals surface area contributed by atoms with Gasteiger partial charge in [-0.1, -0.05) is 32.0 Å². The van der Waals surface area contributed by atoms with E-state index in [-0.39, 0.29) is 13.2 Å². The summed E-state index contributed by atoms with van der Waals surface area (Å²) in [5.74, 6) is -0.832. The van der Waals surface area contributed by atoms with Gasteiger partial charge >= 0.3 is 0 Å². The zero-order chi connectivity index (χ0) is 18.0. The Labute approximate surface area is 144 Å². The van der Waals surface area contributed by atoms with Crippen molar-refractivity contribution in [2.45, 2.75) is 32.4 Å². The van der Waals surface area contributed by atoms with Crippen LogP contribution in [-0.4, -0.2) is 27.4 Å². The molecule has 1 atom stereocenters. The zero-order valence-electron chi connectivity index (χ0n) is 14.1. The molecule has 1 heterocycles. The van der Waals surface area contributed by atoms with Crippen LogP contribution in [-0.2, 0) is 6.54 Å². The Morgan fingerprint density at radius 2 is 1.88 bits per heavy atom. The summed E-state index contributed by atoms with van der Waals surface area (Å²) in [6.45, 7) is 4.41. The van der Waals surface area contributed by atoms with Crippen molar-refractivity contribution >= 4 is 11.0 Å². The molecule has 2 aromatic carbocycles. The minimum atomic E-state index is -0.939. The second-order valence-corrected chi connectivity index (χ2v) is 6.31. The van der Waals surface area contributed by atoms with Crippen LogP contribution in [0.1, 0.15) is 25.3 Å². The van der Waals surface area contributed by atoms with Crippen molar-refractivity contribution in [1.82, 2.24) is 9.55 Å². The summed E-state index contributed by atoms with van der Waals surface area (Å²) in [6.07, 6.45) is 0.639. The molecule has 1 aromatic heterocycles. The third kappa shape index (κ3) is 3.79. The van der Waals surface area contributed by atoms with Crippen molar-refractivity contribution in [2.24, 2.45) is 0 Å². The molecule has 0 aliphatic rings. The van der Waals surface area contributed by atoms with Gasteiger partial charge in [0.15, 0.2) is 11.6 Å². The normalized spacial score (nSPS) is 12.7. The molecule has 3 rings (SSSR count). The number of fused-ring (bicyclic) bond motifs is 1. The Bertz CT molecular complexity index is 877. The molecular formula is C19H20F2N2O2. The molecule has 0 amide bonds. The monoisotopic (exact) mass is 346 g/mol. The van der Waals surface area contributed by atoms with E-state index < -0.39 is 17.7 Å². The van der Waals surface area contributed by atoms with Crippen LogP contribution in [0, 0.1) is 11.6 Å². The molecule has 25 heavy (non-hydrogen) atoms. The van der Waals surface area contributed by atoms with Crippen molar-refractivity contribution in [3.63, 3.8) is 0 Å². The Morgan fingerprint density at radius 3 is 2.64 bits per heavy atom. The molecule has 1 N–H and O–H groups in total. The number of aliphatic hydroxyl groups excluding tert-OH is 1. The van der Waals surface area contributed by atoms with Crippen LogP contribution in [0.25, 0.3) is 11.0 Å². The summed E-state index contributed by atoms with van der Waals surface area (Å²) < 4.78 is 34.0. The Kier molecular flexibility index (Phi) is 4.99. The third-order valence-electron chi connectivity index (χ3n) is 4.04. The fourth-order valence-corrected chi connectivity index (χ4v) is 2.75. The maximum absolute atomic E-state index is 13.4. The molecule has 0 aliphatic carbocycles. The summed E-state index contributed by atoms with van der Waals surface area (Å²) in [7, 11) is 0. The van der Waals surface area contributed by atoms with Gasteiger partial charge in [0.1, 0.15) is 18.5 Å². The average molecular weight is 346 g/mol. The topological polar surface area (TPSA) is 47.3 Å². The van der Waals surface area contributed by atoms with E-state index in [1.807, 2.05) is 24.3 Å². The van der Waals surface area contributed by atoms with E-state index in [2.05, 4.69) is 18.8 Å². The van der Waals surface area contributed by atoms with Crippen molar-refractivity contribution in [3.05, 3.63) is 59.9 Å². The van der Waals surface area contributed by atoms with E-state index in [0.29, 0.717) is 17.0 Å². The van der Waals surface area contributed by atoms with E-state index in [0.717, 1.165) is 23.4 Å². The van der Waals surface area contributed by atoms with Crippen molar-refractivity contribution < 1.29 is 18.6 Å². The largest absolute Gasteiger partial charge is 0.491 e. The van der Waals surface area contributed by atoms with Gasteiger partial charge in [0.25, 0.3) is 0 Å². The summed E-state index contributed by atoms with van der Waals surface area (Å²) in [5.41, 5.74) is 1.85. The molecule has 0 aliphatic heterocycles. The Morgan fingerprint density at radius 1 is 1.16 bits per heavy atom. The number of aliphatic hydroxyl groups is 1. The molecule has 3 aromatic rings. The minimum Gasteiger partial charge on any atom is -0.491 e. The van der Waals surface area contributed by atoms with Crippen molar-refractivity contribution in [1.29, 1.82) is 0 Å². The summed E-state index contributed by atoms with van der Waals surface area (Å²) >= 11 is 0. The average Bonchev–Trinajstić information content (AvgIpc) is 2.95. The number of hydrogen-bond acceptors (Lipinski definition) is 3. The number of nitrogens with zero attached hydrogens (tertiary/aromatic N) is 2. The lowest BCUT2D eigenvalue weighted by molar-refractivity contribution is 0.0928. The molecule has 0 saturated heterocycles. The van der Waals surface area contributed by atoms with Gasteiger partial charge in [0.2, 0.25) is 0 Å². The number of hydrogen-bond donors (Lipinski definition) is 1. The van der Waals surface area contributed by atoms with E-state index in [1.165, 1.54) is 6.33 Å². The molecule has 6 heteroatoms. The van der Waals surface area contributed by atoms with Gasteiger partial charge in [-0.2, -0.15) is 0 Å². The minimum absolute atomic E-state index is 0.0904. The Hall–Kier alpha value is -2.47. The molecule has 1 unspecified atom stereocenters. The number of ether oxygens (including phenoxy) is 1. The van der Waals surface area contributed by atoms with Crippen LogP contribution in [0.3, 0.4) is 0 Å². The summed E-state index contributed by atoms with van der Waals surface area (Å²) in [6, 6.07) is 9.82. The van der Waals surface area contributed by atoms with Gasteiger partial charge in [0, 0.05) is 12.1 Å². The summed E-state index contributed by atoms with van der Waals surface area (Å²) in [5, 5.41) is 10.3. The number of para-hydroxylation sites is 1. The van der Waals surface area contributed by atoms with Gasteiger partial charge in [-0.25, -0.2) is 13.8 Å². The van der Waals surface area contributed by atoms with Crippen molar-refractivity contribution in [3.8, 4) is 5.75 Å². The quantitative estimate of drug-likeness (QED) is 0.737. The second-order valence-electron chi connectivity index (χ2n) is 6.31. The number of halogens is 2. The lowest BCUT2D eigenvalue weighted by Gasteiger charge is -2.17. The first kappa shape index (κ1) is 17.4. The number of benzene rings is 2. The highest BCUT2D eigenvalue weighted by atomic mass is 19.2. The zero-order valence-corrected chi connectivity index (χ0v) is 14.1. The molecule has 4 nitrogen and oxygen atoms in total. The van der Waals surface area contributed by atoms with Gasteiger partial charge in [-0.05, 0) is 17.5 Å². The van der Waals surface area contributed by atoms with Crippen LogP contribution in [0.15, 0.2) is 42.7 Å². The molecule has 0 fully saturated rings. The van der Waals surface area contributed by atoms with E-state index in [1.54, 1.807) is 4.57 Å². The van der Waals surface area contributed by atoms with Gasteiger partial charge in [0.05, 0.1) is 23.9 Å². The van der Waals surface area contributed by atoms with Gasteiger partial charge in [-0.15, -0.1) is 0 Å². The maximum Gasteiger partial charge on any atom is 0.161 e. The van der Waals surface area contributed by atoms with Crippen LogP contribution in [0.5, 0.6) is 5.75 Å². The highest BCUT2D eigenvalue weighted by Crippen LogP contribution is 2.26. The summed E-state index contributed by atoms with van der Waals surface area (Å²) in [4.78, 5) is 4.03. The van der Waals surface area contributed by atoms with Crippen molar-refractivity contribution in [2.75, 3.05) is 6.61 Å². The number of aromatic nitrogens is 2. The van der Waals surface area contributed by atoms with E-state index in [4.69, 9.17) is 4.74 Å². The van der Waals surface area contributed by atoms with Crippen LogP contribution in [0.4, 0.5) is 8.78 Å². The SMILES string of the molecule is CC(C)c1ccccc1OCC(O)Cn1cnc2cc(F)c(F)cc21. The Balaban J connectivity index is 1.69. The maximum atomic E-state index is 13.4. The van der Waals surface area contributed by atoms with Gasteiger partial charge < -0.3 is 14.4 Å².